The van der Waals surface area contributed by atoms with Crippen LogP contribution in [0, 0.1) is 0 Å². The van der Waals surface area contributed by atoms with Gasteiger partial charge in [0.2, 0.25) is 5.91 Å². The number of nitrogens with two attached hydrogens (primary N) is 1. The number of amides is 2. The minimum Gasteiger partial charge on any atom is -0.364 e. The van der Waals surface area contributed by atoms with Gasteiger partial charge in [-0.1, -0.05) is 0 Å². The maximum atomic E-state index is 11.0. The molecule has 0 saturated carbocycles. The Morgan fingerprint density at radius 1 is 1.44 bits per heavy atom. The SMILES string of the molecule is NC(=O)c1nc(-c2ccc(CC(=O)NO)s2)cs1. The summed E-state index contributed by atoms with van der Waals surface area (Å²) in [7, 11) is 0. The Morgan fingerprint density at radius 2 is 2.22 bits per heavy atom. The van der Waals surface area contributed by atoms with Crippen LogP contribution in [0.2, 0.25) is 0 Å². The smallest absolute Gasteiger partial charge is 0.277 e. The molecule has 18 heavy (non-hydrogen) atoms. The monoisotopic (exact) mass is 283 g/mol. The lowest BCUT2D eigenvalue weighted by molar-refractivity contribution is -0.128. The molecule has 0 aliphatic rings. The highest BCUT2D eigenvalue weighted by atomic mass is 32.1. The van der Waals surface area contributed by atoms with Gasteiger partial charge in [0, 0.05) is 10.3 Å². The average Bonchev–Trinajstić information content (AvgIpc) is 2.96. The number of hydrogen-bond acceptors (Lipinski definition) is 6. The van der Waals surface area contributed by atoms with Crippen LogP contribution in [-0.4, -0.2) is 22.0 Å². The number of primary amides is 1. The van der Waals surface area contributed by atoms with Crippen LogP contribution in [0.1, 0.15) is 14.7 Å². The van der Waals surface area contributed by atoms with Gasteiger partial charge in [0.15, 0.2) is 5.01 Å². The maximum absolute atomic E-state index is 11.0. The molecular formula is C10H9N3O3S2. The van der Waals surface area contributed by atoms with Crippen LogP contribution in [-0.2, 0) is 11.2 Å². The number of hydrogen-bond donors (Lipinski definition) is 3. The van der Waals surface area contributed by atoms with E-state index >= 15 is 0 Å². The van der Waals surface area contributed by atoms with Gasteiger partial charge >= 0.3 is 0 Å². The fourth-order valence-electron chi connectivity index (χ4n) is 1.31. The van der Waals surface area contributed by atoms with E-state index in [9.17, 15) is 9.59 Å². The number of nitrogens with one attached hydrogen (secondary N) is 1. The molecule has 2 aromatic rings. The predicted molar refractivity (Wildman–Crippen MR) is 67.6 cm³/mol. The fourth-order valence-corrected chi connectivity index (χ4v) is 3.02. The van der Waals surface area contributed by atoms with E-state index in [1.165, 1.54) is 22.7 Å². The average molecular weight is 283 g/mol. The first-order valence-electron chi connectivity index (χ1n) is 4.87. The van der Waals surface area contributed by atoms with Crippen LogP contribution in [0.25, 0.3) is 10.6 Å². The quantitative estimate of drug-likeness (QED) is 0.575. The Hall–Kier alpha value is -1.77. The van der Waals surface area contributed by atoms with E-state index in [0.29, 0.717) is 5.69 Å². The number of rotatable bonds is 4. The van der Waals surface area contributed by atoms with Gasteiger partial charge in [-0.3, -0.25) is 14.8 Å². The van der Waals surface area contributed by atoms with Gasteiger partial charge < -0.3 is 5.73 Å². The van der Waals surface area contributed by atoms with Crippen LogP contribution in [0.5, 0.6) is 0 Å². The molecule has 0 aromatic carbocycles. The lowest BCUT2D eigenvalue weighted by Gasteiger charge is -1.93. The minimum absolute atomic E-state index is 0.105. The number of nitrogens with zero attached hydrogens (tertiary/aromatic N) is 1. The van der Waals surface area contributed by atoms with E-state index in [0.717, 1.165) is 9.75 Å². The summed E-state index contributed by atoms with van der Waals surface area (Å²) in [5.74, 6) is -1.03. The number of thiazole rings is 1. The molecule has 2 rings (SSSR count). The van der Waals surface area contributed by atoms with Crippen molar-refractivity contribution in [2.45, 2.75) is 6.42 Å². The lowest BCUT2D eigenvalue weighted by atomic mass is 10.3. The van der Waals surface area contributed by atoms with E-state index in [1.807, 2.05) is 6.07 Å². The van der Waals surface area contributed by atoms with Crippen molar-refractivity contribution in [3.8, 4) is 10.6 Å². The van der Waals surface area contributed by atoms with Gasteiger partial charge in [0.25, 0.3) is 5.91 Å². The first-order valence-corrected chi connectivity index (χ1v) is 6.57. The Morgan fingerprint density at radius 3 is 2.83 bits per heavy atom. The molecule has 0 aliphatic heterocycles. The zero-order valence-electron chi connectivity index (χ0n) is 9.04. The van der Waals surface area contributed by atoms with Crippen molar-refractivity contribution in [1.29, 1.82) is 0 Å². The predicted octanol–water partition coefficient (Wildman–Crippen LogP) is 1.02. The van der Waals surface area contributed by atoms with Crippen molar-refractivity contribution in [3.63, 3.8) is 0 Å². The molecule has 4 N–H and O–H groups in total. The number of thiophene rings is 1. The van der Waals surface area contributed by atoms with Crippen LogP contribution >= 0.6 is 22.7 Å². The Labute approximate surface area is 110 Å². The summed E-state index contributed by atoms with van der Waals surface area (Å²) in [5, 5.41) is 10.4. The molecule has 0 bridgehead atoms. The number of hydroxylamine groups is 1. The number of carbonyl (C=O) groups excluding carboxylic acids is 2. The second-order valence-electron chi connectivity index (χ2n) is 3.38. The van der Waals surface area contributed by atoms with Gasteiger partial charge in [-0.15, -0.1) is 22.7 Å². The molecule has 0 saturated heterocycles. The number of aromatic nitrogens is 1. The van der Waals surface area contributed by atoms with Crippen molar-refractivity contribution in [2.75, 3.05) is 0 Å². The Bertz CT molecular complexity index is 591. The molecule has 2 heterocycles. The third-order valence-corrected chi connectivity index (χ3v) is 4.05. The normalized spacial score (nSPS) is 10.3. The Balaban J connectivity index is 2.18. The summed E-state index contributed by atoms with van der Waals surface area (Å²) in [6.45, 7) is 0. The topological polar surface area (TPSA) is 105 Å². The largest absolute Gasteiger partial charge is 0.364 e. The fraction of sp³-hybridized carbons (Fsp3) is 0.100. The molecule has 0 spiro atoms. The summed E-state index contributed by atoms with van der Waals surface area (Å²) in [5.41, 5.74) is 7.36. The second kappa shape index (κ2) is 5.25. The summed E-state index contributed by atoms with van der Waals surface area (Å²) in [6, 6.07) is 3.59. The summed E-state index contributed by atoms with van der Waals surface area (Å²) >= 11 is 2.56. The first kappa shape index (κ1) is 12.7. The van der Waals surface area contributed by atoms with Crippen molar-refractivity contribution in [1.82, 2.24) is 10.5 Å². The Kier molecular flexibility index (Phi) is 3.70. The molecule has 0 atom stereocenters. The van der Waals surface area contributed by atoms with Crippen LogP contribution in [0.15, 0.2) is 17.5 Å². The van der Waals surface area contributed by atoms with E-state index in [1.54, 1.807) is 16.9 Å². The summed E-state index contributed by atoms with van der Waals surface area (Å²) in [4.78, 5) is 27.7. The minimum atomic E-state index is -0.553. The van der Waals surface area contributed by atoms with Gasteiger partial charge in [-0.2, -0.15) is 0 Å². The van der Waals surface area contributed by atoms with Crippen molar-refractivity contribution in [2.24, 2.45) is 5.73 Å². The summed E-state index contributed by atoms with van der Waals surface area (Å²) in [6.07, 6.45) is 0.105. The molecular weight excluding hydrogens is 274 g/mol. The lowest BCUT2D eigenvalue weighted by Crippen LogP contribution is -2.20. The standard InChI is InChI=1S/C10H9N3O3S2/c11-9(15)10-12-6(4-17-10)7-2-1-5(18-7)3-8(14)13-16/h1-2,4,16H,3H2,(H2,11,15)(H,13,14). The maximum Gasteiger partial charge on any atom is 0.277 e. The summed E-state index contributed by atoms with van der Waals surface area (Å²) < 4.78 is 0. The van der Waals surface area contributed by atoms with Gasteiger partial charge in [0.1, 0.15) is 0 Å². The van der Waals surface area contributed by atoms with Crippen molar-refractivity contribution >= 4 is 34.5 Å². The molecule has 0 unspecified atom stereocenters. The zero-order chi connectivity index (χ0) is 13.1. The molecule has 0 fully saturated rings. The van der Waals surface area contributed by atoms with Gasteiger partial charge in [0.05, 0.1) is 17.0 Å². The first-order chi connectivity index (χ1) is 8.60. The zero-order valence-corrected chi connectivity index (χ0v) is 10.7. The van der Waals surface area contributed by atoms with E-state index in [-0.39, 0.29) is 11.4 Å². The third kappa shape index (κ3) is 2.73. The van der Waals surface area contributed by atoms with Crippen LogP contribution in [0.3, 0.4) is 0 Å². The van der Waals surface area contributed by atoms with Crippen molar-refractivity contribution in [3.05, 3.63) is 27.4 Å². The molecule has 2 aromatic heterocycles. The highest BCUT2D eigenvalue weighted by Gasteiger charge is 2.11. The van der Waals surface area contributed by atoms with Gasteiger partial charge in [-0.25, -0.2) is 10.5 Å². The molecule has 6 nitrogen and oxygen atoms in total. The van der Waals surface area contributed by atoms with E-state index in [4.69, 9.17) is 10.9 Å². The molecule has 0 radical (unpaired) electrons. The second-order valence-corrected chi connectivity index (χ2v) is 5.41. The molecule has 94 valence electrons. The molecule has 2 amide bonds. The van der Waals surface area contributed by atoms with Crippen molar-refractivity contribution < 1.29 is 14.8 Å². The molecule has 8 heteroatoms. The van der Waals surface area contributed by atoms with Gasteiger partial charge in [-0.05, 0) is 12.1 Å². The third-order valence-electron chi connectivity index (χ3n) is 2.09. The van der Waals surface area contributed by atoms with E-state index in [2.05, 4.69) is 4.98 Å². The van der Waals surface area contributed by atoms with Crippen LogP contribution < -0.4 is 11.2 Å². The molecule has 0 aliphatic carbocycles. The highest BCUT2D eigenvalue weighted by molar-refractivity contribution is 7.16. The number of carbonyl (C=O) groups is 2. The van der Waals surface area contributed by atoms with Crippen LogP contribution in [0.4, 0.5) is 0 Å². The highest BCUT2D eigenvalue weighted by Crippen LogP contribution is 2.29. The van der Waals surface area contributed by atoms with E-state index < -0.39 is 11.8 Å².